The van der Waals surface area contributed by atoms with Gasteiger partial charge in [-0.25, -0.2) is 0 Å². The molecule has 1 aromatic rings. The fraction of sp³-hybridized carbons (Fsp3) is 0.286. The smallest absolute Gasteiger partial charge is 0.231 e. The molecule has 0 aliphatic carbocycles. The molecule has 0 fully saturated rings. The molecule has 3 nitrogen and oxygen atoms in total. The minimum absolute atomic E-state index is 0.0857. The summed E-state index contributed by atoms with van der Waals surface area (Å²) in [5.41, 5.74) is 1.50. The zero-order valence-corrected chi connectivity index (χ0v) is 9.97. The zero-order chi connectivity index (χ0) is 12.5. The summed E-state index contributed by atoms with van der Waals surface area (Å²) in [6, 6.07) is 9.67. The van der Waals surface area contributed by atoms with Crippen LogP contribution in [-0.4, -0.2) is 16.0 Å². The predicted octanol–water partition coefficient (Wildman–Crippen LogP) is 2.68. The number of hydrogen-bond donors (Lipinski definition) is 2. The number of aliphatic hydroxyl groups excluding tert-OH is 1. The summed E-state index contributed by atoms with van der Waals surface area (Å²) in [5, 5.41) is 20.1. The zero-order valence-electron chi connectivity index (χ0n) is 9.97. The molecule has 90 valence electrons. The van der Waals surface area contributed by atoms with Crippen LogP contribution in [0.25, 0.3) is 0 Å². The molecule has 2 rings (SSSR count). The van der Waals surface area contributed by atoms with Gasteiger partial charge in [-0.1, -0.05) is 30.3 Å². The van der Waals surface area contributed by atoms with Crippen molar-refractivity contribution in [2.45, 2.75) is 26.1 Å². The van der Waals surface area contributed by atoms with Gasteiger partial charge in [0.1, 0.15) is 11.5 Å². The van der Waals surface area contributed by atoms with E-state index in [1.54, 1.807) is 6.92 Å². The van der Waals surface area contributed by atoms with Crippen molar-refractivity contribution in [1.82, 2.24) is 0 Å². The summed E-state index contributed by atoms with van der Waals surface area (Å²) in [7, 11) is 0. The molecule has 0 bridgehead atoms. The van der Waals surface area contributed by atoms with Gasteiger partial charge < -0.3 is 14.9 Å². The third-order valence-corrected chi connectivity index (χ3v) is 2.79. The Labute approximate surface area is 101 Å². The molecule has 0 radical (unpaired) electrons. The molecule has 0 amide bonds. The highest BCUT2D eigenvalue weighted by molar-refractivity contribution is 5.34. The maximum atomic E-state index is 10.2. The molecule has 1 aromatic carbocycles. The minimum Gasteiger partial charge on any atom is -0.508 e. The van der Waals surface area contributed by atoms with E-state index in [0.29, 0.717) is 17.8 Å². The van der Waals surface area contributed by atoms with Gasteiger partial charge in [0.15, 0.2) is 0 Å². The monoisotopic (exact) mass is 232 g/mol. The van der Waals surface area contributed by atoms with Crippen LogP contribution in [0.5, 0.6) is 0 Å². The molecule has 3 heteroatoms. The van der Waals surface area contributed by atoms with Crippen LogP contribution in [0.4, 0.5) is 0 Å². The van der Waals surface area contributed by atoms with Crippen molar-refractivity contribution >= 4 is 0 Å². The number of rotatable bonds is 2. The number of aliphatic hydroxyl groups is 2. The molecular weight excluding hydrogens is 216 g/mol. The highest BCUT2D eigenvalue weighted by Crippen LogP contribution is 2.31. The normalized spacial score (nSPS) is 24.3. The molecule has 0 aromatic heterocycles. The molecule has 1 atom stereocenters. The van der Waals surface area contributed by atoms with Crippen LogP contribution < -0.4 is 0 Å². The summed E-state index contributed by atoms with van der Waals surface area (Å²) in [6.07, 6.45) is 1.99. The van der Waals surface area contributed by atoms with Gasteiger partial charge in [-0.3, -0.25) is 0 Å². The Morgan fingerprint density at radius 1 is 1.24 bits per heavy atom. The molecule has 0 saturated heterocycles. The average molecular weight is 232 g/mol. The fourth-order valence-corrected chi connectivity index (χ4v) is 1.98. The molecular formula is C14H16O3. The van der Waals surface area contributed by atoms with Crippen LogP contribution in [0.2, 0.25) is 0 Å². The van der Waals surface area contributed by atoms with E-state index in [-0.39, 0.29) is 5.76 Å². The Hall–Kier alpha value is -1.74. The molecule has 1 aliphatic heterocycles. The van der Waals surface area contributed by atoms with Crippen LogP contribution >= 0.6 is 0 Å². The quantitative estimate of drug-likeness (QED) is 0.824. The lowest BCUT2D eigenvalue weighted by atomic mass is 9.95. The topological polar surface area (TPSA) is 49.7 Å². The first-order valence-electron chi connectivity index (χ1n) is 5.55. The first-order valence-corrected chi connectivity index (χ1v) is 5.55. The average Bonchev–Trinajstić information content (AvgIpc) is 2.24. The standard InChI is InChI=1S/C14H16O3/c1-10-8-13(15)12(14(2,16)17-10)9-11-6-4-3-5-7-11/h3-8,15-16H,9H2,1-2H3. The highest BCUT2D eigenvalue weighted by atomic mass is 16.6. The SMILES string of the molecule is CC1=CC(O)=C(Cc2ccccc2)C(C)(O)O1. The van der Waals surface area contributed by atoms with Gasteiger partial charge in [0.05, 0.1) is 0 Å². The summed E-state index contributed by atoms with van der Waals surface area (Å²) in [4.78, 5) is 0. The van der Waals surface area contributed by atoms with Crippen molar-refractivity contribution in [1.29, 1.82) is 0 Å². The van der Waals surface area contributed by atoms with Crippen molar-refractivity contribution in [3.05, 3.63) is 59.1 Å². The Kier molecular flexibility index (Phi) is 2.94. The third kappa shape index (κ3) is 2.50. The second kappa shape index (κ2) is 4.26. The van der Waals surface area contributed by atoms with Gasteiger partial charge in [-0.2, -0.15) is 0 Å². The van der Waals surface area contributed by atoms with Crippen LogP contribution in [0, 0.1) is 0 Å². The maximum absolute atomic E-state index is 10.2. The Morgan fingerprint density at radius 2 is 1.88 bits per heavy atom. The molecule has 17 heavy (non-hydrogen) atoms. The second-order valence-electron chi connectivity index (χ2n) is 4.37. The minimum atomic E-state index is -1.45. The van der Waals surface area contributed by atoms with E-state index in [9.17, 15) is 10.2 Å². The molecule has 0 saturated carbocycles. The number of hydrogen-bond acceptors (Lipinski definition) is 3. The van der Waals surface area contributed by atoms with Gasteiger partial charge in [-0.05, 0) is 12.5 Å². The summed E-state index contributed by atoms with van der Waals surface area (Å²) >= 11 is 0. The fourth-order valence-electron chi connectivity index (χ4n) is 1.98. The van der Waals surface area contributed by atoms with Crippen molar-refractivity contribution in [2.24, 2.45) is 0 Å². The number of ether oxygens (including phenoxy) is 1. The molecule has 1 unspecified atom stereocenters. The maximum Gasteiger partial charge on any atom is 0.231 e. The van der Waals surface area contributed by atoms with Crippen molar-refractivity contribution in [3.8, 4) is 0 Å². The lowest BCUT2D eigenvalue weighted by molar-refractivity contribution is -0.138. The van der Waals surface area contributed by atoms with Crippen molar-refractivity contribution < 1.29 is 14.9 Å². The van der Waals surface area contributed by atoms with E-state index in [4.69, 9.17) is 4.74 Å². The van der Waals surface area contributed by atoms with Crippen LogP contribution in [0.15, 0.2) is 53.5 Å². The van der Waals surface area contributed by atoms with Gasteiger partial charge in [0, 0.05) is 25.0 Å². The van der Waals surface area contributed by atoms with E-state index >= 15 is 0 Å². The lowest BCUT2D eigenvalue weighted by Gasteiger charge is -2.31. The first kappa shape index (κ1) is 11.7. The lowest BCUT2D eigenvalue weighted by Crippen LogP contribution is -2.34. The van der Waals surface area contributed by atoms with Crippen LogP contribution in [0.1, 0.15) is 19.4 Å². The van der Waals surface area contributed by atoms with Gasteiger partial charge in [-0.15, -0.1) is 0 Å². The van der Waals surface area contributed by atoms with Crippen molar-refractivity contribution in [2.75, 3.05) is 0 Å². The second-order valence-corrected chi connectivity index (χ2v) is 4.37. The summed E-state index contributed by atoms with van der Waals surface area (Å²) in [5.74, 6) is -0.856. The van der Waals surface area contributed by atoms with Gasteiger partial charge in [0.25, 0.3) is 0 Å². The molecule has 1 heterocycles. The van der Waals surface area contributed by atoms with Gasteiger partial charge >= 0.3 is 0 Å². The van der Waals surface area contributed by atoms with E-state index in [1.807, 2.05) is 30.3 Å². The molecule has 0 spiro atoms. The highest BCUT2D eigenvalue weighted by Gasteiger charge is 2.33. The summed E-state index contributed by atoms with van der Waals surface area (Å²) in [6.45, 7) is 3.24. The number of allylic oxidation sites excluding steroid dienone is 2. The van der Waals surface area contributed by atoms with Crippen LogP contribution in [0.3, 0.4) is 0 Å². The third-order valence-electron chi connectivity index (χ3n) is 2.79. The Bertz CT molecular complexity index is 470. The van der Waals surface area contributed by atoms with Crippen molar-refractivity contribution in [3.63, 3.8) is 0 Å². The Balaban J connectivity index is 2.33. The van der Waals surface area contributed by atoms with E-state index in [0.717, 1.165) is 5.56 Å². The van der Waals surface area contributed by atoms with Crippen LogP contribution in [-0.2, 0) is 11.2 Å². The molecule has 1 aliphatic rings. The number of benzene rings is 1. The van der Waals surface area contributed by atoms with Gasteiger partial charge in [0.2, 0.25) is 5.79 Å². The largest absolute Gasteiger partial charge is 0.508 e. The first-order chi connectivity index (χ1) is 7.99. The molecule has 2 N–H and O–H groups in total. The predicted molar refractivity (Wildman–Crippen MR) is 65.3 cm³/mol. The summed E-state index contributed by atoms with van der Waals surface area (Å²) < 4.78 is 5.33. The van der Waals surface area contributed by atoms with E-state index in [1.165, 1.54) is 13.0 Å². The van der Waals surface area contributed by atoms with E-state index in [2.05, 4.69) is 0 Å². The Morgan fingerprint density at radius 3 is 2.47 bits per heavy atom. The van der Waals surface area contributed by atoms with E-state index < -0.39 is 5.79 Å².